The molecule has 0 radical (unpaired) electrons. The average Bonchev–Trinajstić information content (AvgIpc) is 2.20. The van der Waals surface area contributed by atoms with E-state index in [4.69, 9.17) is 21.5 Å². The van der Waals surface area contributed by atoms with Crippen LogP contribution in [0.25, 0.3) is 0 Å². The highest BCUT2D eigenvalue weighted by Gasteiger charge is 2.17. The topological polar surface area (TPSA) is 70.6 Å². The van der Waals surface area contributed by atoms with Gasteiger partial charge in [0.2, 0.25) is 0 Å². The number of hydroxylamine groups is 1. The number of carbonyl (C=O) groups excluding carboxylic acids is 1. The molecule has 0 aliphatic heterocycles. The van der Waals surface area contributed by atoms with Gasteiger partial charge in [-0.05, 0) is 44.5 Å². The molecule has 0 unspecified atom stereocenters. The van der Waals surface area contributed by atoms with Gasteiger partial charge in [-0.2, -0.15) is 0 Å². The van der Waals surface area contributed by atoms with Crippen molar-refractivity contribution in [1.29, 1.82) is 0 Å². The molecule has 1 aromatic rings. The van der Waals surface area contributed by atoms with Gasteiger partial charge in [0.05, 0.1) is 0 Å². The minimum atomic E-state index is -0.564. The Bertz CT molecular complexity index is 430. The first-order valence-corrected chi connectivity index (χ1v) is 5.85. The molecule has 18 heavy (non-hydrogen) atoms. The SMILES string of the molecule is CC(C)(C)OC(=O)Nc1ccc(Cl)cc1CNO. The Labute approximate surface area is 111 Å². The van der Waals surface area contributed by atoms with Crippen molar-refractivity contribution in [3.63, 3.8) is 0 Å². The second-order valence-corrected chi connectivity index (χ2v) is 5.20. The van der Waals surface area contributed by atoms with Crippen molar-refractivity contribution in [1.82, 2.24) is 5.48 Å². The molecule has 100 valence electrons. The number of hydrogen-bond donors (Lipinski definition) is 3. The third kappa shape index (κ3) is 4.91. The molecule has 0 spiro atoms. The average molecular weight is 273 g/mol. The maximum Gasteiger partial charge on any atom is 0.412 e. The van der Waals surface area contributed by atoms with Crippen LogP contribution in [0.2, 0.25) is 5.02 Å². The molecule has 5 nitrogen and oxygen atoms in total. The van der Waals surface area contributed by atoms with Crippen LogP contribution in [0, 0.1) is 0 Å². The Kier molecular flexibility index (Phi) is 4.95. The van der Waals surface area contributed by atoms with Gasteiger partial charge in [0, 0.05) is 17.3 Å². The number of anilines is 1. The van der Waals surface area contributed by atoms with Crippen molar-refractivity contribution in [2.45, 2.75) is 32.9 Å². The van der Waals surface area contributed by atoms with Gasteiger partial charge in [-0.3, -0.25) is 5.32 Å². The van der Waals surface area contributed by atoms with Crippen molar-refractivity contribution in [2.24, 2.45) is 0 Å². The first-order valence-electron chi connectivity index (χ1n) is 5.47. The van der Waals surface area contributed by atoms with Crippen molar-refractivity contribution in [3.8, 4) is 0 Å². The van der Waals surface area contributed by atoms with Crippen LogP contribution in [0.5, 0.6) is 0 Å². The molecular weight excluding hydrogens is 256 g/mol. The summed E-state index contributed by atoms with van der Waals surface area (Å²) in [5, 5.41) is 11.8. The number of carbonyl (C=O) groups is 1. The molecule has 0 bridgehead atoms. The van der Waals surface area contributed by atoms with Crippen LogP contribution in [-0.2, 0) is 11.3 Å². The number of rotatable bonds is 3. The highest BCUT2D eigenvalue weighted by molar-refractivity contribution is 6.30. The van der Waals surface area contributed by atoms with E-state index in [1.807, 2.05) is 5.48 Å². The largest absolute Gasteiger partial charge is 0.444 e. The molecule has 0 atom stereocenters. The van der Waals surface area contributed by atoms with Crippen LogP contribution >= 0.6 is 11.6 Å². The Balaban J connectivity index is 2.80. The summed E-state index contributed by atoms with van der Waals surface area (Å²) in [6.07, 6.45) is -0.552. The van der Waals surface area contributed by atoms with E-state index < -0.39 is 11.7 Å². The Morgan fingerprint density at radius 2 is 2.11 bits per heavy atom. The number of amides is 1. The van der Waals surface area contributed by atoms with E-state index in [2.05, 4.69) is 5.32 Å². The van der Waals surface area contributed by atoms with Crippen molar-refractivity contribution in [3.05, 3.63) is 28.8 Å². The van der Waals surface area contributed by atoms with Crippen molar-refractivity contribution >= 4 is 23.4 Å². The Morgan fingerprint density at radius 1 is 1.44 bits per heavy atom. The summed E-state index contributed by atoms with van der Waals surface area (Å²) in [6.45, 7) is 5.52. The third-order valence-corrected chi connectivity index (χ3v) is 2.21. The summed E-state index contributed by atoms with van der Waals surface area (Å²) in [7, 11) is 0. The van der Waals surface area contributed by atoms with Gasteiger partial charge in [0.15, 0.2) is 0 Å². The maximum absolute atomic E-state index is 11.6. The van der Waals surface area contributed by atoms with E-state index in [9.17, 15) is 4.79 Å². The zero-order valence-corrected chi connectivity index (χ0v) is 11.3. The molecule has 0 fully saturated rings. The molecule has 0 saturated carbocycles. The summed E-state index contributed by atoms with van der Waals surface area (Å²) < 4.78 is 5.14. The van der Waals surface area contributed by atoms with E-state index in [0.717, 1.165) is 0 Å². The Hall–Kier alpha value is -1.30. The van der Waals surface area contributed by atoms with E-state index in [1.165, 1.54) is 0 Å². The van der Waals surface area contributed by atoms with Gasteiger partial charge >= 0.3 is 6.09 Å². The van der Waals surface area contributed by atoms with Gasteiger partial charge in [-0.25, -0.2) is 10.3 Å². The second-order valence-electron chi connectivity index (χ2n) is 4.76. The number of halogens is 1. The summed E-state index contributed by atoms with van der Waals surface area (Å²) in [4.78, 5) is 11.6. The molecule has 0 aliphatic rings. The summed E-state index contributed by atoms with van der Waals surface area (Å²) in [5.74, 6) is 0. The zero-order valence-electron chi connectivity index (χ0n) is 10.6. The van der Waals surface area contributed by atoms with Gasteiger partial charge < -0.3 is 9.94 Å². The quantitative estimate of drug-likeness (QED) is 0.739. The molecule has 0 saturated heterocycles. The lowest BCUT2D eigenvalue weighted by molar-refractivity contribution is 0.0635. The highest BCUT2D eigenvalue weighted by atomic mass is 35.5. The Morgan fingerprint density at radius 3 is 2.67 bits per heavy atom. The monoisotopic (exact) mass is 272 g/mol. The first-order chi connectivity index (χ1) is 8.31. The van der Waals surface area contributed by atoms with Gasteiger partial charge in [0.25, 0.3) is 0 Å². The molecule has 6 heteroatoms. The lowest BCUT2D eigenvalue weighted by atomic mass is 10.2. The van der Waals surface area contributed by atoms with Gasteiger partial charge in [0.1, 0.15) is 5.60 Å². The van der Waals surface area contributed by atoms with E-state index in [1.54, 1.807) is 39.0 Å². The standard InChI is InChI=1S/C12H17ClN2O3/c1-12(2,3)18-11(16)15-10-5-4-9(13)6-8(10)7-14-17/h4-6,14,17H,7H2,1-3H3,(H,15,16). The number of ether oxygens (including phenoxy) is 1. The normalized spacial score (nSPS) is 11.2. The smallest absolute Gasteiger partial charge is 0.412 e. The lowest BCUT2D eigenvalue weighted by Crippen LogP contribution is -2.27. The molecule has 1 rings (SSSR count). The molecule has 1 amide bonds. The molecule has 3 N–H and O–H groups in total. The third-order valence-electron chi connectivity index (χ3n) is 1.97. The highest BCUT2D eigenvalue weighted by Crippen LogP contribution is 2.21. The van der Waals surface area contributed by atoms with Crippen LogP contribution < -0.4 is 10.8 Å². The predicted octanol–water partition coefficient (Wildman–Crippen LogP) is 3.17. The second kappa shape index (κ2) is 6.04. The number of nitrogens with one attached hydrogen (secondary N) is 2. The van der Waals surface area contributed by atoms with Crippen LogP contribution in [-0.4, -0.2) is 16.9 Å². The lowest BCUT2D eigenvalue weighted by Gasteiger charge is -2.20. The van der Waals surface area contributed by atoms with E-state index in [0.29, 0.717) is 16.3 Å². The van der Waals surface area contributed by atoms with Crippen LogP contribution in [0.4, 0.5) is 10.5 Å². The minimum Gasteiger partial charge on any atom is -0.444 e. The molecule has 0 heterocycles. The molecule has 0 aliphatic carbocycles. The van der Waals surface area contributed by atoms with Crippen molar-refractivity contribution < 1.29 is 14.7 Å². The zero-order chi connectivity index (χ0) is 13.8. The summed E-state index contributed by atoms with van der Waals surface area (Å²) in [5.41, 5.74) is 2.66. The molecule has 0 aromatic heterocycles. The van der Waals surface area contributed by atoms with Crippen LogP contribution in [0.3, 0.4) is 0 Å². The fourth-order valence-electron chi connectivity index (χ4n) is 1.33. The number of benzene rings is 1. The predicted molar refractivity (Wildman–Crippen MR) is 69.9 cm³/mol. The molecular formula is C12H17ClN2O3. The van der Waals surface area contributed by atoms with Gasteiger partial charge in [-0.15, -0.1) is 0 Å². The van der Waals surface area contributed by atoms with E-state index >= 15 is 0 Å². The molecule has 1 aromatic carbocycles. The van der Waals surface area contributed by atoms with Gasteiger partial charge in [-0.1, -0.05) is 11.6 Å². The van der Waals surface area contributed by atoms with Crippen LogP contribution in [0.1, 0.15) is 26.3 Å². The fraction of sp³-hybridized carbons (Fsp3) is 0.417. The minimum absolute atomic E-state index is 0.172. The summed E-state index contributed by atoms with van der Waals surface area (Å²) in [6, 6.07) is 4.95. The van der Waals surface area contributed by atoms with Crippen molar-refractivity contribution in [2.75, 3.05) is 5.32 Å². The number of hydrogen-bond acceptors (Lipinski definition) is 4. The summed E-state index contributed by atoms with van der Waals surface area (Å²) >= 11 is 5.84. The van der Waals surface area contributed by atoms with E-state index in [-0.39, 0.29) is 6.54 Å². The first kappa shape index (κ1) is 14.8. The van der Waals surface area contributed by atoms with Crippen LogP contribution in [0.15, 0.2) is 18.2 Å². The maximum atomic E-state index is 11.6. The fourth-order valence-corrected chi connectivity index (χ4v) is 1.52.